The van der Waals surface area contributed by atoms with E-state index in [9.17, 15) is 4.79 Å². The van der Waals surface area contributed by atoms with Crippen molar-refractivity contribution >= 4 is 22.7 Å². The van der Waals surface area contributed by atoms with E-state index in [4.69, 9.17) is 4.42 Å². The molecule has 0 fully saturated rings. The van der Waals surface area contributed by atoms with Crippen LogP contribution in [0.15, 0.2) is 58.5 Å². The average molecular weight is 334 g/mol. The first kappa shape index (κ1) is 15.5. The molecule has 3 aromatic rings. The highest BCUT2D eigenvalue weighted by Crippen LogP contribution is 2.34. The lowest BCUT2D eigenvalue weighted by Gasteiger charge is -2.23. The zero-order chi connectivity index (χ0) is 17.4. The third kappa shape index (κ3) is 2.80. The lowest BCUT2D eigenvalue weighted by atomic mass is 9.99. The molecule has 1 atom stereocenters. The van der Waals surface area contributed by atoms with E-state index in [-0.39, 0.29) is 17.9 Å². The van der Waals surface area contributed by atoms with E-state index in [1.54, 1.807) is 23.7 Å². The molecule has 2 aromatic heterocycles. The molecule has 0 saturated carbocycles. The Morgan fingerprint density at radius 1 is 1.20 bits per heavy atom. The molecule has 126 valence electrons. The normalized spacial score (nSPS) is 17.3. The quantitative estimate of drug-likeness (QED) is 0.734. The molecule has 6 heteroatoms. The molecule has 1 aliphatic rings. The van der Waals surface area contributed by atoms with Crippen molar-refractivity contribution in [3.8, 4) is 0 Å². The van der Waals surface area contributed by atoms with E-state index >= 15 is 0 Å². The maximum absolute atomic E-state index is 12.7. The van der Waals surface area contributed by atoms with Crippen molar-refractivity contribution in [1.82, 2.24) is 15.0 Å². The average Bonchev–Trinajstić information content (AvgIpc) is 3.30. The minimum atomic E-state index is -0.165. The number of nitrogens with zero attached hydrogens (tertiary/aromatic N) is 4. The van der Waals surface area contributed by atoms with E-state index < -0.39 is 0 Å². The van der Waals surface area contributed by atoms with Gasteiger partial charge in [0.05, 0.1) is 23.3 Å². The molecule has 0 N–H and O–H groups in total. The molecule has 1 aliphatic heterocycles. The summed E-state index contributed by atoms with van der Waals surface area (Å²) in [5, 5.41) is 6.14. The number of carbonyl (C=O) groups is 1. The highest BCUT2D eigenvalue weighted by Gasteiger charge is 2.35. The van der Waals surface area contributed by atoms with Crippen LogP contribution in [-0.2, 0) is 4.79 Å². The largest absolute Gasteiger partial charge is 0.463 e. The van der Waals surface area contributed by atoms with Gasteiger partial charge in [0, 0.05) is 24.7 Å². The number of aromatic nitrogens is 2. The van der Waals surface area contributed by atoms with Crippen molar-refractivity contribution in [2.45, 2.75) is 26.3 Å². The first-order valence-electron chi connectivity index (χ1n) is 8.28. The van der Waals surface area contributed by atoms with E-state index in [1.807, 2.05) is 44.2 Å². The number of amides is 1. The Kier molecular flexibility index (Phi) is 3.80. The number of rotatable bonds is 3. The Morgan fingerprint density at radius 2 is 2.00 bits per heavy atom. The van der Waals surface area contributed by atoms with Crippen LogP contribution < -0.4 is 0 Å². The summed E-state index contributed by atoms with van der Waals surface area (Å²) < 4.78 is 5.47. The van der Waals surface area contributed by atoms with Crippen LogP contribution in [0, 0.1) is 5.92 Å². The number of hydrazone groups is 1. The van der Waals surface area contributed by atoms with Crippen LogP contribution in [0.1, 0.15) is 37.6 Å². The standard InChI is InChI=1S/C19H18N4O2/c1-12(2)19(24)23-17(11-16(22-23)18-4-3-9-25-18)13-5-6-14-15(10-13)21-8-7-20-14/h3-10,12,17H,11H2,1-2H3/t17-/m1/s1. The summed E-state index contributed by atoms with van der Waals surface area (Å²) >= 11 is 0. The smallest absolute Gasteiger partial charge is 0.245 e. The molecule has 0 bridgehead atoms. The van der Waals surface area contributed by atoms with Gasteiger partial charge in [0.2, 0.25) is 5.91 Å². The predicted octanol–water partition coefficient (Wildman–Crippen LogP) is 3.56. The highest BCUT2D eigenvalue weighted by molar-refractivity contribution is 6.01. The molecule has 1 amide bonds. The van der Waals surface area contributed by atoms with E-state index in [0.717, 1.165) is 22.3 Å². The molecule has 6 nitrogen and oxygen atoms in total. The maximum atomic E-state index is 12.7. The number of furan rings is 1. The van der Waals surface area contributed by atoms with Crippen LogP contribution in [0.2, 0.25) is 0 Å². The SMILES string of the molecule is CC(C)C(=O)N1N=C(c2ccco2)C[C@@H]1c1ccc2nccnc2c1. The second-order valence-corrected chi connectivity index (χ2v) is 6.39. The third-order valence-electron chi connectivity index (χ3n) is 4.31. The first-order valence-corrected chi connectivity index (χ1v) is 8.28. The van der Waals surface area contributed by atoms with Gasteiger partial charge < -0.3 is 4.42 Å². The van der Waals surface area contributed by atoms with Crippen LogP contribution in [0.5, 0.6) is 0 Å². The molecule has 0 unspecified atom stereocenters. The minimum absolute atomic E-state index is 0.00852. The van der Waals surface area contributed by atoms with Gasteiger partial charge in [-0.1, -0.05) is 19.9 Å². The Labute approximate surface area is 145 Å². The minimum Gasteiger partial charge on any atom is -0.463 e. The van der Waals surface area contributed by atoms with Gasteiger partial charge >= 0.3 is 0 Å². The highest BCUT2D eigenvalue weighted by atomic mass is 16.3. The second kappa shape index (κ2) is 6.12. The summed E-state index contributed by atoms with van der Waals surface area (Å²) in [6, 6.07) is 9.43. The summed E-state index contributed by atoms with van der Waals surface area (Å²) in [5.41, 5.74) is 3.41. The van der Waals surface area contributed by atoms with E-state index in [2.05, 4.69) is 15.1 Å². The second-order valence-electron chi connectivity index (χ2n) is 6.39. The third-order valence-corrected chi connectivity index (χ3v) is 4.31. The van der Waals surface area contributed by atoms with Crippen LogP contribution >= 0.6 is 0 Å². The molecule has 3 heterocycles. The van der Waals surface area contributed by atoms with Gasteiger partial charge in [-0.05, 0) is 29.8 Å². The molecular formula is C19H18N4O2. The van der Waals surface area contributed by atoms with Crippen molar-refractivity contribution < 1.29 is 9.21 Å². The fourth-order valence-corrected chi connectivity index (χ4v) is 3.02. The van der Waals surface area contributed by atoms with Crippen LogP contribution in [0.25, 0.3) is 11.0 Å². The van der Waals surface area contributed by atoms with Crippen molar-refractivity contribution in [2.24, 2.45) is 11.0 Å². The first-order chi connectivity index (χ1) is 12.1. The van der Waals surface area contributed by atoms with Crippen molar-refractivity contribution in [1.29, 1.82) is 0 Å². The number of hydrogen-bond acceptors (Lipinski definition) is 5. The molecule has 0 saturated heterocycles. The monoisotopic (exact) mass is 334 g/mol. The Bertz CT molecular complexity index is 947. The van der Waals surface area contributed by atoms with Crippen molar-refractivity contribution in [2.75, 3.05) is 0 Å². The van der Waals surface area contributed by atoms with Crippen LogP contribution in [0.3, 0.4) is 0 Å². The van der Waals surface area contributed by atoms with Gasteiger partial charge in [0.15, 0.2) is 0 Å². The molecule has 0 radical (unpaired) electrons. The summed E-state index contributed by atoms with van der Waals surface area (Å²) in [6.45, 7) is 3.76. The van der Waals surface area contributed by atoms with Gasteiger partial charge in [-0.25, -0.2) is 5.01 Å². The van der Waals surface area contributed by atoms with Crippen molar-refractivity contribution in [3.05, 3.63) is 60.3 Å². The number of carbonyl (C=O) groups excluding carboxylic acids is 1. The predicted molar refractivity (Wildman–Crippen MR) is 93.8 cm³/mol. The number of benzene rings is 1. The van der Waals surface area contributed by atoms with E-state index in [1.165, 1.54) is 0 Å². The zero-order valence-corrected chi connectivity index (χ0v) is 14.1. The van der Waals surface area contributed by atoms with Gasteiger partial charge in [-0.15, -0.1) is 0 Å². The van der Waals surface area contributed by atoms with Gasteiger partial charge in [-0.2, -0.15) is 5.10 Å². The van der Waals surface area contributed by atoms with Crippen LogP contribution in [-0.4, -0.2) is 26.6 Å². The summed E-state index contributed by atoms with van der Waals surface area (Å²) in [7, 11) is 0. The fourth-order valence-electron chi connectivity index (χ4n) is 3.02. The van der Waals surface area contributed by atoms with Gasteiger partial charge in [-0.3, -0.25) is 14.8 Å². The van der Waals surface area contributed by atoms with Gasteiger partial charge in [0.1, 0.15) is 11.5 Å². The Hall–Kier alpha value is -3.02. The lowest BCUT2D eigenvalue weighted by molar-refractivity contribution is -0.136. The van der Waals surface area contributed by atoms with E-state index in [0.29, 0.717) is 12.2 Å². The number of fused-ring (bicyclic) bond motifs is 1. The van der Waals surface area contributed by atoms with Crippen molar-refractivity contribution in [3.63, 3.8) is 0 Å². The maximum Gasteiger partial charge on any atom is 0.245 e. The molecule has 0 aliphatic carbocycles. The Morgan fingerprint density at radius 3 is 2.72 bits per heavy atom. The molecule has 1 aromatic carbocycles. The summed E-state index contributed by atoms with van der Waals surface area (Å²) in [6.07, 6.45) is 5.57. The van der Waals surface area contributed by atoms with Crippen LogP contribution in [0.4, 0.5) is 0 Å². The van der Waals surface area contributed by atoms with Gasteiger partial charge in [0.25, 0.3) is 0 Å². The molecular weight excluding hydrogens is 316 g/mol. The summed E-state index contributed by atoms with van der Waals surface area (Å²) in [4.78, 5) is 21.3. The molecule has 4 rings (SSSR count). The molecule has 0 spiro atoms. The molecule has 25 heavy (non-hydrogen) atoms. The topological polar surface area (TPSA) is 71.6 Å². The fraction of sp³-hybridized carbons (Fsp3) is 0.263. The zero-order valence-electron chi connectivity index (χ0n) is 14.1. The number of hydrogen-bond donors (Lipinski definition) is 0. The summed E-state index contributed by atoms with van der Waals surface area (Å²) in [5.74, 6) is 0.554. The Balaban J connectivity index is 1.74. The lowest BCUT2D eigenvalue weighted by Crippen LogP contribution is -2.30.